The maximum absolute atomic E-state index is 5.80. The van der Waals surface area contributed by atoms with Crippen LogP contribution in [0.15, 0.2) is 36.4 Å². The van der Waals surface area contributed by atoms with E-state index in [1.54, 1.807) is 0 Å². The van der Waals surface area contributed by atoms with E-state index in [4.69, 9.17) is 4.74 Å². The van der Waals surface area contributed by atoms with Gasteiger partial charge in [-0.2, -0.15) is 0 Å². The summed E-state index contributed by atoms with van der Waals surface area (Å²) in [5, 5.41) is 6.18. The van der Waals surface area contributed by atoms with Crippen LogP contribution in [-0.2, 0) is 6.54 Å². The summed E-state index contributed by atoms with van der Waals surface area (Å²) in [6.45, 7) is 10.2. The number of benzene rings is 2. The van der Waals surface area contributed by atoms with Crippen molar-refractivity contribution >= 4 is 23.2 Å². The van der Waals surface area contributed by atoms with Crippen molar-refractivity contribution in [3.05, 3.63) is 42.0 Å². The fourth-order valence-corrected chi connectivity index (χ4v) is 2.24. The van der Waals surface area contributed by atoms with Gasteiger partial charge < -0.3 is 10.1 Å². The summed E-state index contributed by atoms with van der Waals surface area (Å²) in [6, 6.07) is 12.7. The molecular weight excluding hydrogens is 282 g/mol. The highest BCUT2D eigenvalue weighted by Gasteiger charge is 2.16. The second-order valence-corrected chi connectivity index (χ2v) is 5.79. The average molecular weight is 308 g/mol. The predicted octanol–water partition coefficient (Wildman–Crippen LogP) is 4.94. The summed E-state index contributed by atoms with van der Waals surface area (Å²) < 4.78 is 5.80. The molecule has 2 aromatic carbocycles. The Hall–Kier alpha value is -1.25. The monoisotopic (exact) mass is 307 g/mol. The standard InChI is InChI=1S/C18H25NO.ClH/c1-5-18(3,4)19-13-16-15-10-8-7-9-14(15)11-12-17(16)20-6-2;/h7-12,19H,5-6,13H2,1-4H3;1H. The first-order chi connectivity index (χ1) is 9.57. The zero-order valence-electron chi connectivity index (χ0n) is 13.4. The Kier molecular flexibility index (Phi) is 6.50. The van der Waals surface area contributed by atoms with Crippen LogP contribution >= 0.6 is 12.4 Å². The van der Waals surface area contributed by atoms with Gasteiger partial charge in [0.05, 0.1) is 6.61 Å². The van der Waals surface area contributed by atoms with Gasteiger partial charge in [-0.25, -0.2) is 0 Å². The smallest absolute Gasteiger partial charge is 0.124 e. The Balaban J connectivity index is 0.00000220. The maximum Gasteiger partial charge on any atom is 0.124 e. The van der Waals surface area contributed by atoms with Crippen molar-refractivity contribution in [3.63, 3.8) is 0 Å². The van der Waals surface area contributed by atoms with Gasteiger partial charge in [-0.05, 0) is 44.0 Å². The van der Waals surface area contributed by atoms with Crippen molar-refractivity contribution in [2.24, 2.45) is 0 Å². The van der Waals surface area contributed by atoms with Gasteiger partial charge in [0.1, 0.15) is 5.75 Å². The van der Waals surface area contributed by atoms with Crippen LogP contribution < -0.4 is 10.1 Å². The molecule has 0 saturated heterocycles. The minimum Gasteiger partial charge on any atom is -0.494 e. The quantitative estimate of drug-likeness (QED) is 0.816. The lowest BCUT2D eigenvalue weighted by molar-refractivity contribution is 0.329. The van der Waals surface area contributed by atoms with Crippen molar-refractivity contribution in [1.82, 2.24) is 5.32 Å². The van der Waals surface area contributed by atoms with Gasteiger partial charge in [-0.3, -0.25) is 0 Å². The average Bonchev–Trinajstić information content (AvgIpc) is 2.46. The van der Waals surface area contributed by atoms with Gasteiger partial charge in [0.2, 0.25) is 0 Å². The van der Waals surface area contributed by atoms with Crippen molar-refractivity contribution in [1.29, 1.82) is 0 Å². The van der Waals surface area contributed by atoms with E-state index in [2.05, 4.69) is 62.5 Å². The molecule has 2 nitrogen and oxygen atoms in total. The van der Waals surface area contributed by atoms with Crippen LogP contribution in [0.1, 0.15) is 39.7 Å². The third-order valence-electron chi connectivity index (χ3n) is 3.93. The first kappa shape index (κ1) is 17.8. The van der Waals surface area contributed by atoms with Crippen molar-refractivity contribution in [3.8, 4) is 5.75 Å². The van der Waals surface area contributed by atoms with E-state index < -0.39 is 0 Å². The highest BCUT2D eigenvalue weighted by Crippen LogP contribution is 2.28. The van der Waals surface area contributed by atoms with Crippen LogP contribution in [-0.4, -0.2) is 12.1 Å². The Labute approximate surface area is 134 Å². The lowest BCUT2D eigenvalue weighted by atomic mass is 9.99. The second kappa shape index (κ2) is 7.67. The fraction of sp³-hybridized carbons (Fsp3) is 0.444. The zero-order valence-corrected chi connectivity index (χ0v) is 14.2. The molecule has 0 aliphatic rings. The van der Waals surface area contributed by atoms with Crippen molar-refractivity contribution in [2.75, 3.05) is 6.61 Å². The van der Waals surface area contributed by atoms with Gasteiger partial charge in [0, 0.05) is 17.6 Å². The molecule has 0 aliphatic carbocycles. The van der Waals surface area contributed by atoms with E-state index in [-0.39, 0.29) is 17.9 Å². The third kappa shape index (κ3) is 4.36. The van der Waals surface area contributed by atoms with Crippen LogP contribution in [0.5, 0.6) is 5.75 Å². The molecule has 21 heavy (non-hydrogen) atoms. The molecular formula is C18H26ClNO. The van der Waals surface area contributed by atoms with Crippen LogP contribution in [0.4, 0.5) is 0 Å². The number of halogens is 1. The van der Waals surface area contributed by atoms with E-state index in [0.717, 1.165) is 18.7 Å². The minimum absolute atomic E-state index is 0. The van der Waals surface area contributed by atoms with Gasteiger partial charge in [0.15, 0.2) is 0 Å². The summed E-state index contributed by atoms with van der Waals surface area (Å²) in [5.41, 5.74) is 1.40. The zero-order chi connectivity index (χ0) is 14.6. The Morgan fingerprint density at radius 2 is 1.76 bits per heavy atom. The SMILES string of the molecule is CCOc1ccc2ccccc2c1CNC(C)(C)CC.Cl. The van der Waals surface area contributed by atoms with E-state index in [1.807, 2.05) is 6.92 Å². The number of rotatable bonds is 6. The molecule has 0 heterocycles. The largest absolute Gasteiger partial charge is 0.494 e. The summed E-state index contributed by atoms with van der Waals surface area (Å²) in [6.07, 6.45) is 1.10. The number of ether oxygens (including phenoxy) is 1. The fourth-order valence-electron chi connectivity index (χ4n) is 2.24. The molecule has 2 rings (SSSR count). The van der Waals surface area contributed by atoms with Crippen molar-refractivity contribution < 1.29 is 4.74 Å². The number of fused-ring (bicyclic) bond motifs is 1. The molecule has 3 heteroatoms. The predicted molar refractivity (Wildman–Crippen MR) is 93.6 cm³/mol. The van der Waals surface area contributed by atoms with E-state index in [0.29, 0.717) is 6.61 Å². The van der Waals surface area contributed by atoms with Crippen LogP contribution in [0, 0.1) is 0 Å². The highest BCUT2D eigenvalue weighted by atomic mass is 35.5. The molecule has 0 spiro atoms. The van der Waals surface area contributed by atoms with Crippen LogP contribution in [0.25, 0.3) is 10.8 Å². The van der Waals surface area contributed by atoms with E-state index in [9.17, 15) is 0 Å². The number of hydrogen-bond acceptors (Lipinski definition) is 2. The summed E-state index contributed by atoms with van der Waals surface area (Å²) in [5.74, 6) is 0.991. The number of nitrogens with one attached hydrogen (secondary N) is 1. The molecule has 0 aliphatic heterocycles. The van der Waals surface area contributed by atoms with Crippen LogP contribution in [0.2, 0.25) is 0 Å². The topological polar surface area (TPSA) is 21.3 Å². The molecule has 0 fully saturated rings. The maximum atomic E-state index is 5.80. The molecule has 0 radical (unpaired) electrons. The van der Waals surface area contributed by atoms with Gasteiger partial charge in [-0.15, -0.1) is 12.4 Å². The molecule has 0 bridgehead atoms. The van der Waals surface area contributed by atoms with Crippen molar-refractivity contribution in [2.45, 2.75) is 46.2 Å². The molecule has 0 atom stereocenters. The summed E-state index contributed by atoms with van der Waals surface area (Å²) >= 11 is 0. The molecule has 2 aromatic rings. The Bertz CT molecular complexity index is 580. The molecule has 1 N–H and O–H groups in total. The minimum atomic E-state index is 0. The first-order valence-corrected chi connectivity index (χ1v) is 7.46. The third-order valence-corrected chi connectivity index (χ3v) is 3.93. The van der Waals surface area contributed by atoms with Gasteiger partial charge in [0.25, 0.3) is 0 Å². The summed E-state index contributed by atoms with van der Waals surface area (Å²) in [4.78, 5) is 0. The van der Waals surface area contributed by atoms with E-state index in [1.165, 1.54) is 16.3 Å². The lowest BCUT2D eigenvalue weighted by Crippen LogP contribution is -2.37. The second-order valence-electron chi connectivity index (χ2n) is 5.79. The molecule has 0 amide bonds. The van der Waals surface area contributed by atoms with Crippen LogP contribution in [0.3, 0.4) is 0 Å². The Morgan fingerprint density at radius 3 is 2.43 bits per heavy atom. The molecule has 0 unspecified atom stereocenters. The van der Waals surface area contributed by atoms with E-state index >= 15 is 0 Å². The van der Waals surface area contributed by atoms with Gasteiger partial charge in [-0.1, -0.05) is 37.3 Å². The lowest BCUT2D eigenvalue weighted by Gasteiger charge is -2.25. The normalized spacial score (nSPS) is 11.2. The first-order valence-electron chi connectivity index (χ1n) is 7.46. The Morgan fingerprint density at radius 1 is 1.05 bits per heavy atom. The highest BCUT2D eigenvalue weighted by molar-refractivity contribution is 5.87. The number of hydrogen-bond donors (Lipinski definition) is 1. The molecule has 0 saturated carbocycles. The molecule has 0 aromatic heterocycles. The molecule has 116 valence electrons. The summed E-state index contributed by atoms with van der Waals surface area (Å²) in [7, 11) is 0. The van der Waals surface area contributed by atoms with Gasteiger partial charge >= 0.3 is 0 Å².